The molecule has 0 radical (unpaired) electrons. The number of ether oxygens (including phenoxy) is 1. The van der Waals surface area contributed by atoms with E-state index in [0.717, 1.165) is 66.5 Å². The average Bonchev–Trinajstić information content (AvgIpc) is 2.99. The first-order chi connectivity index (χ1) is 14.2. The maximum atomic E-state index is 12.7. The molecule has 7 heteroatoms. The van der Waals surface area contributed by atoms with Gasteiger partial charge in [0.15, 0.2) is 0 Å². The summed E-state index contributed by atoms with van der Waals surface area (Å²) < 4.78 is 8.53. The van der Waals surface area contributed by atoms with Gasteiger partial charge in [0.2, 0.25) is 5.91 Å². The van der Waals surface area contributed by atoms with E-state index in [1.165, 1.54) is 4.68 Å². The molecule has 0 aliphatic heterocycles. The van der Waals surface area contributed by atoms with Crippen molar-refractivity contribution in [2.24, 2.45) is 0 Å². The average molecular weight is 394 g/mol. The highest BCUT2D eigenvalue weighted by molar-refractivity contribution is 6.01. The van der Waals surface area contributed by atoms with Crippen molar-refractivity contribution in [1.82, 2.24) is 14.3 Å². The molecular weight excluding hydrogens is 368 g/mol. The Kier molecular flexibility index (Phi) is 5.76. The number of rotatable bonds is 6. The quantitative estimate of drug-likeness (QED) is 0.652. The van der Waals surface area contributed by atoms with Crippen LogP contribution in [-0.4, -0.2) is 34.0 Å². The van der Waals surface area contributed by atoms with E-state index in [1.807, 2.05) is 30.5 Å². The maximum absolute atomic E-state index is 12.7. The highest BCUT2D eigenvalue weighted by atomic mass is 16.5. The first-order valence-corrected chi connectivity index (χ1v) is 10.1. The van der Waals surface area contributed by atoms with E-state index in [2.05, 4.69) is 15.0 Å². The third-order valence-corrected chi connectivity index (χ3v) is 5.44. The van der Waals surface area contributed by atoms with Gasteiger partial charge in [0.25, 0.3) is 5.56 Å². The summed E-state index contributed by atoms with van der Waals surface area (Å²) in [5.41, 5.74) is 3.52. The van der Waals surface area contributed by atoms with Crippen LogP contribution in [0.3, 0.4) is 0 Å². The molecule has 0 fully saturated rings. The second kappa shape index (κ2) is 8.61. The third kappa shape index (κ3) is 4.24. The number of aromatic nitrogens is 3. The van der Waals surface area contributed by atoms with Gasteiger partial charge in [-0.1, -0.05) is 12.5 Å². The summed E-state index contributed by atoms with van der Waals surface area (Å²) in [5, 5.41) is 8.38. The standard InChI is InChI=1S/C22H26N4O3/c1-29-13-12-25-11-10-17-19(8-5-9-20(17)25)23-21(27)15-26-22(28)14-16-6-3-2-4-7-18(16)24-26/h5,8-11,14H,2-4,6-7,12-13,15H2,1H3,(H,23,27). The molecule has 4 rings (SSSR count). The van der Waals surface area contributed by atoms with Crippen LogP contribution < -0.4 is 10.9 Å². The van der Waals surface area contributed by atoms with Gasteiger partial charge < -0.3 is 14.6 Å². The molecule has 7 nitrogen and oxygen atoms in total. The highest BCUT2D eigenvalue weighted by Gasteiger charge is 2.15. The predicted octanol–water partition coefficient (Wildman–Crippen LogP) is 2.75. The Bertz CT molecular complexity index is 1080. The zero-order valence-corrected chi connectivity index (χ0v) is 16.7. The number of carbonyl (C=O) groups excluding carboxylic acids is 1. The normalized spacial score (nSPS) is 13.8. The van der Waals surface area contributed by atoms with Gasteiger partial charge in [0.05, 0.1) is 23.5 Å². The van der Waals surface area contributed by atoms with Crippen molar-refractivity contribution in [1.29, 1.82) is 0 Å². The van der Waals surface area contributed by atoms with Crippen molar-refractivity contribution in [3.05, 3.63) is 58.1 Å². The fraction of sp³-hybridized carbons (Fsp3) is 0.409. The predicted molar refractivity (Wildman–Crippen MR) is 112 cm³/mol. The molecule has 0 unspecified atom stereocenters. The zero-order valence-electron chi connectivity index (χ0n) is 16.7. The lowest BCUT2D eigenvalue weighted by Crippen LogP contribution is -2.30. The number of anilines is 1. The minimum absolute atomic E-state index is 0.0904. The van der Waals surface area contributed by atoms with E-state index in [0.29, 0.717) is 6.61 Å². The SMILES string of the molecule is COCCn1ccc2c(NC(=O)Cn3nc4c(cc3=O)CCCCC4)cccc21. The molecule has 0 saturated heterocycles. The first-order valence-electron chi connectivity index (χ1n) is 10.1. The molecule has 2 heterocycles. The van der Waals surface area contributed by atoms with Crippen LogP contribution in [0, 0.1) is 0 Å². The number of hydrogen-bond donors (Lipinski definition) is 1. The van der Waals surface area contributed by atoms with Gasteiger partial charge in [-0.25, -0.2) is 4.68 Å². The van der Waals surface area contributed by atoms with Crippen LogP contribution in [0.15, 0.2) is 41.3 Å². The molecule has 3 aromatic rings. The number of nitrogens with zero attached hydrogens (tertiary/aromatic N) is 3. The number of nitrogens with one attached hydrogen (secondary N) is 1. The number of aryl methyl sites for hydroxylation is 2. The molecular formula is C22H26N4O3. The largest absolute Gasteiger partial charge is 0.383 e. The number of amides is 1. The van der Waals surface area contributed by atoms with Crippen LogP contribution in [0.5, 0.6) is 0 Å². The lowest BCUT2D eigenvalue weighted by atomic mass is 10.1. The lowest BCUT2D eigenvalue weighted by Gasteiger charge is -2.11. The monoisotopic (exact) mass is 394 g/mol. The van der Waals surface area contributed by atoms with Crippen LogP contribution in [-0.2, 0) is 35.5 Å². The Morgan fingerprint density at radius 2 is 2.07 bits per heavy atom. The topological polar surface area (TPSA) is 78.2 Å². The molecule has 1 aliphatic carbocycles. The van der Waals surface area contributed by atoms with Crippen molar-refractivity contribution in [3.8, 4) is 0 Å². The van der Waals surface area contributed by atoms with Gasteiger partial charge in [0.1, 0.15) is 6.54 Å². The lowest BCUT2D eigenvalue weighted by molar-refractivity contribution is -0.117. The summed E-state index contributed by atoms with van der Waals surface area (Å²) in [6.45, 7) is 1.27. The van der Waals surface area contributed by atoms with E-state index in [-0.39, 0.29) is 18.0 Å². The van der Waals surface area contributed by atoms with Crippen LogP contribution >= 0.6 is 0 Å². The molecule has 1 N–H and O–H groups in total. The molecule has 0 spiro atoms. The zero-order chi connectivity index (χ0) is 20.2. The van der Waals surface area contributed by atoms with Crippen LogP contribution in [0.2, 0.25) is 0 Å². The Morgan fingerprint density at radius 3 is 2.93 bits per heavy atom. The molecule has 0 saturated carbocycles. The van der Waals surface area contributed by atoms with Gasteiger partial charge in [-0.3, -0.25) is 9.59 Å². The van der Waals surface area contributed by atoms with Crippen molar-refractivity contribution < 1.29 is 9.53 Å². The number of methoxy groups -OCH3 is 1. The fourth-order valence-electron chi connectivity index (χ4n) is 3.93. The smallest absolute Gasteiger partial charge is 0.267 e. The number of fused-ring (bicyclic) bond motifs is 2. The van der Waals surface area contributed by atoms with Gasteiger partial charge in [-0.2, -0.15) is 5.10 Å². The molecule has 0 bridgehead atoms. The first kappa shape index (κ1) is 19.4. The van der Waals surface area contributed by atoms with Crippen molar-refractivity contribution in [2.45, 2.75) is 45.2 Å². The number of hydrogen-bond acceptors (Lipinski definition) is 4. The van der Waals surface area contributed by atoms with E-state index in [9.17, 15) is 9.59 Å². The van der Waals surface area contributed by atoms with Gasteiger partial charge in [0, 0.05) is 31.3 Å². The van der Waals surface area contributed by atoms with E-state index in [4.69, 9.17) is 4.74 Å². The van der Waals surface area contributed by atoms with Crippen molar-refractivity contribution >= 4 is 22.5 Å². The summed E-state index contributed by atoms with van der Waals surface area (Å²) in [4.78, 5) is 25.1. The Morgan fingerprint density at radius 1 is 1.21 bits per heavy atom. The Hall–Kier alpha value is -2.93. The summed E-state index contributed by atoms with van der Waals surface area (Å²) in [7, 11) is 1.68. The summed E-state index contributed by atoms with van der Waals surface area (Å²) >= 11 is 0. The van der Waals surface area contributed by atoms with Gasteiger partial charge >= 0.3 is 0 Å². The Balaban J connectivity index is 1.52. The highest BCUT2D eigenvalue weighted by Crippen LogP contribution is 2.24. The summed E-state index contributed by atoms with van der Waals surface area (Å²) in [6, 6.07) is 9.42. The maximum Gasteiger partial charge on any atom is 0.267 e. The summed E-state index contributed by atoms with van der Waals surface area (Å²) in [5.74, 6) is -0.259. The molecule has 2 aromatic heterocycles. The second-order valence-electron chi connectivity index (χ2n) is 7.46. The molecule has 152 valence electrons. The molecule has 1 amide bonds. The molecule has 1 aliphatic rings. The van der Waals surface area contributed by atoms with Crippen LogP contribution in [0.25, 0.3) is 10.9 Å². The fourth-order valence-corrected chi connectivity index (χ4v) is 3.93. The Labute approximate surface area is 169 Å². The number of benzene rings is 1. The van der Waals surface area contributed by atoms with E-state index >= 15 is 0 Å². The molecule has 1 aromatic carbocycles. The third-order valence-electron chi connectivity index (χ3n) is 5.44. The second-order valence-corrected chi connectivity index (χ2v) is 7.46. The van der Waals surface area contributed by atoms with Crippen molar-refractivity contribution in [2.75, 3.05) is 19.0 Å². The van der Waals surface area contributed by atoms with Crippen LogP contribution in [0.4, 0.5) is 5.69 Å². The van der Waals surface area contributed by atoms with Gasteiger partial charge in [-0.15, -0.1) is 0 Å². The van der Waals surface area contributed by atoms with E-state index in [1.54, 1.807) is 13.2 Å². The minimum atomic E-state index is -0.259. The van der Waals surface area contributed by atoms with Crippen LogP contribution in [0.1, 0.15) is 30.5 Å². The summed E-state index contributed by atoms with van der Waals surface area (Å²) in [6.07, 6.45) is 7.06. The van der Waals surface area contributed by atoms with Crippen molar-refractivity contribution in [3.63, 3.8) is 0 Å². The molecule has 0 atom stereocenters. The number of carbonyl (C=O) groups is 1. The molecule has 29 heavy (non-hydrogen) atoms. The van der Waals surface area contributed by atoms with Gasteiger partial charge in [-0.05, 0) is 49.4 Å². The van der Waals surface area contributed by atoms with E-state index < -0.39 is 0 Å². The minimum Gasteiger partial charge on any atom is -0.383 e.